The van der Waals surface area contributed by atoms with Crippen molar-refractivity contribution in [2.75, 3.05) is 0 Å². The van der Waals surface area contributed by atoms with E-state index in [-0.39, 0.29) is 0 Å². The number of fused-ring (bicyclic) bond motifs is 10. The van der Waals surface area contributed by atoms with Gasteiger partial charge in [0, 0.05) is 71.3 Å². The standard InChI is InChI=1S/C54H28N6S/c1-56-50-44(31-14-4-2-5-15-31)39(30-55)51(60-40-22-10-8-18-33(40)35-26-27-36-34-19-9-11-25-43(34)61-54(36)52(35)60)45(32-16-6-3-7-17-32)53(50)59-41-23-12-20-37-46(41)47-38(21-13-24-42(47)59)49-48(37)57-28-29-58-49/h2-29H. The van der Waals surface area contributed by atoms with Crippen molar-refractivity contribution in [3.63, 3.8) is 0 Å². The van der Waals surface area contributed by atoms with Crippen molar-refractivity contribution < 1.29 is 0 Å². The Bertz CT molecular complexity index is 3980. The maximum absolute atomic E-state index is 11.8. The summed E-state index contributed by atoms with van der Waals surface area (Å²) in [5, 5.41) is 20.5. The van der Waals surface area contributed by atoms with Crippen LogP contribution in [0.25, 0.3) is 124 Å². The van der Waals surface area contributed by atoms with E-state index < -0.39 is 0 Å². The zero-order chi connectivity index (χ0) is 40.3. The normalized spacial score (nSPS) is 11.9. The number of nitrogens with zero attached hydrogens (tertiary/aromatic N) is 6. The molecule has 4 heterocycles. The lowest BCUT2D eigenvalue weighted by Gasteiger charge is -2.25. The van der Waals surface area contributed by atoms with Crippen molar-refractivity contribution >= 4 is 103 Å². The van der Waals surface area contributed by atoms with Gasteiger partial charge in [-0.1, -0.05) is 133 Å². The number of aromatic nitrogens is 4. The molecule has 0 aliphatic rings. The molecule has 0 N–H and O–H groups in total. The highest BCUT2D eigenvalue weighted by Crippen LogP contribution is 2.54. The third kappa shape index (κ3) is 4.42. The Morgan fingerprint density at radius 1 is 0.508 bits per heavy atom. The molecule has 4 aromatic heterocycles. The smallest absolute Gasteiger partial charge is 0.220 e. The molecule has 0 bridgehead atoms. The van der Waals surface area contributed by atoms with Gasteiger partial charge in [-0.3, -0.25) is 9.97 Å². The molecule has 6 nitrogen and oxygen atoms in total. The van der Waals surface area contributed by atoms with Gasteiger partial charge in [0.25, 0.3) is 0 Å². The van der Waals surface area contributed by atoms with Gasteiger partial charge in [-0.2, -0.15) is 5.26 Å². The van der Waals surface area contributed by atoms with E-state index in [0.717, 1.165) is 92.5 Å². The zero-order valence-corrected chi connectivity index (χ0v) is 33.1. The third-order valence-corrected chi connectivity index (χ3v) is 13.6. The van der Waals surface area contributed by atoms with Crippen LogP contribution in [0.5, 0.6) is 0 Å². The summed E-state index contributed by atoms with van der Waals surface area (Å²) in [5.74, 6) is 0. The lowest BCUT2D eigenvalue weighted by Crippen LogP contribution is -2.08. The van der Waals surface area contributed by atoms with Gasteiger partial charge in [0.05, 0.1) is 61.3 Å². The van der Waals surface area contributed by atoms with Gasteiger partial charge >= 0.3 is 0 Å². The second-order valence-corrected chi connectivity index (χ2v) is 16.5. The van der Waals surface area contributed by atoms with Crippen molar-refractivity contribution in [3.8, 4) is 39.7 Å². The van der Waals surface area contributed by atoms with E-state index in [9.17, 15) is 11.8 Å². The van der Waals surface area contributed by atoms with Crippen LogP contribution in [0.1, 0.15) is 5.56 Å². The van der Waals surface area contributed by atoms with Crippen LogP contribution in [-0.2, 0) is 0 Å². The molecule has 61 heavy (non-hydrogen) atoms. The van der Waals surface area contributed by atoms with Crippen molar-refractivity contribution in [1.82, 2.24) is 19.1 Å². The van der Waals surface area contributed by atoms with Crippen LogP contribution in [0.2, 0.25) is 0 Å². The molecule has 7 heteroatoms. The number of para-hydroxylation sites is 1. The van der Waals surface area contributed by atoms with Crippen molar-refractivity contribution in [2.24, 2.45) is 0 Å². The molecule has 0 spiro atoms. The van der Waals surface area contributed by atoms with E-state index in [1.165, 1.54) is 15.5 Å². The molecule has 0 saturated carbocycles. The summed E-state index contributed by atoms with van der Waals surface area (Å²) in [6.45, 7) is 9.18. The fourth-order valence-corrected chi connectivity index (χ4v) is 11.3. The number of nitriles is 1. The van der Waals surface area contributed by atoms with E-state index in [1.807, 2.05) is 48.5 Å². The fraction of sp³-hybridized carbons (Fsp3) is 0. The SMILES string of the molecule is [C-]#[N+]c1c(-c2ccccc2)c(C#N)c(-n2c3ccccc3c3ccc4c5ccccc5sc4c32)c(-c2ccccc2)c1-n1c2cccc3c4nccnc4c4cccc1c4c32. The lowest BCUT2D eigenvalue weighted by atomic mass is 9.88. The summed E-state index contributed by atoms with van der Waals surface area (Å²) in [6, 6.07) is 57.3. The first-order valence-corrected chi connectivity index (χ1v) is 20.9. The van der Waals surface area contributed by atoms with Crippen LogP contribution in [0.3, 0.4) is 0 Å². The van der Waals surface area contributed by atoms with Crippen molar-refractivity contribution in [1.29, 1.82) is 5.26 Å². The Hall–Kier alpha value is -8.36. The largest absolute Gasteiger partial charge is 0.318 e. The second kappa shape index (κ2) is 12.6. The predicted molar refractivity (Wildman–Crippen MR) is 252 cm³/mol. The fourth-order valence-electron chi connectivity index (χ4n) is 10.1. The first-order valence-electron chi connectivity index (χ1n) is 20.1. The van der Waals surface area contributed by atoms with Crippen LogP contribution in [0.4, 0.5) is 5.69 Å². The molecule has 0 amide bonds. The van der Waals surface area contributed by atoms with Gasteiger partial charge in [-0.25, -0.2) is 4.85 Å². The molecule has 0 aliphatic carbocycles. The summed E-state index contributed by atoms with van der Waals surface area (Å²) in [7, 11) is 0. The molecule has 0 saturated heterocycles. The molecule has 0 radical (unpaired) electrons. The molecule has 0 fully saturated rings. The van der Waals surface area contributed by atoms with Crippen molar-refractivity contribution in [2.45, 2.75) is 0 Å². The van der Waals surface area contributed by atoms with Crippen LogP contribution in [-0.4, -0.2) is 19.1 Å². The molecule has 13 aromatic rings. The topological polar surface area (TPSA) is 63.8 Å². The molecule has 0 atom stereocenters. The van der Waals surface area contributed by atoms with Gasteiger partial charge in [0.15, 0.2) is 0 Å². The van der Waals surface area contributed by atoms with E-state index in [2.05, 4.69) is 129 Å². The average molecular weight is 793 g/mol. The molecule has 0 aliphatic heterocycles. The van der Waals surface area contributed by atoms with E-state index in [1.54, 1.807) is 23.7 Å². The highest BCUT2D eigenvalue weighted by Gasteiger charge is 2.33. The summed E-state index contributed by atoms with van der Waals surface area (Å²) in [6.07, 6.45) is 3.51. The number of hydrogen-bond acceptors (Lipinski definition) is 4. The highest BCUT2D eigenvalue weighted by molar-refractivity contribution is 7.26. The lowest BCUT2D eigenvalue weighted by molar-refractivity contribution is 1.14. The summed E-state index contributed by atoms with van der Waals surface area (Å²) >= 11 is 1.78. The van der Waals surface area contributed by atoms with Crippen LogP contribution in [0, 0.1) is 17.9 Å². The maximum atomic E-state index is 11.8. The monoisotopic (exact) mass is 792 g/mol. The number of benzene rings is 9. The van der Waals surface area contributed by atoms with Gasteiger partial charge < -0.3 is 9.13 Å². The Morgan fingerprint density at radius 2 is 1.07 bits per heavy atom. The Kier molecular flexibility index (Phi) is 6.92. The number of thiophene rings is 1. The minimum Gasteiger partial charge on any atom is -0.318 e. The average Bonchev–Trinajstić information content (AvgIpc) is 3.99. The zero-order valence-electron chi connectivity index (χ0n) is 32.3. The number of hydrogen-bond donors (Lipinski definition) is 0. The quantitative estimate of drug-likeness (QED) is 0.132. The van der Waals surface area contributed by atoms with Crippen molar-refractivity contribution in [3.05, 3.63) is 187 Å². The highest BCUT2D eigenvalue weighted by atomic mass is 32.1. The van der Waals surface area contributed by atoms with Gasteiger partial charge in [-0.15, -0.1) is 11.3 Å². The first-order chi connectivity index (χ1) is 30.2. The molecule has 0 unspecified atom stereocenters. The third-order valence-electron chi connectivity index (χ3n) is 12.4. The van der Waals surface area contributed by atoms with E-state index in [4.69, 9.17) is 9.97 Å². The Morgan fingerprint density at radius 3 is 1.72 bits per heavy atom. The summed E-state index contributed by atoms with van der Waals surface area (Å²) in [5.41, 5.74) is 11.0. The second-order valence-electron chi connectivity index (χ2n) is 15.4. The molecule has 9 aromatic carbocycles. The molecule has 280 valence electrons. The van der Waals surface area contributed by atoms with E-state index in [0.29, 0.717) is 22.5 Å². The Labute approximate surface area is 352 Å². The van der Waals surface area contributed by atoms with Gasteiger partial charge in [-0.05, 0) is 35.4 Å². The maximum Gasteiger partial charge on any atom is 0.220 e. The first kappa shape index (κ1) is 33.6. The predicted octanol–water partition coefficient (Wildman–Crippen LogP) is 14.5. The minimum absolute atomic E-state index is 0.403. The van der Waals surface area contributed by atoms with Crippen LogP contribution in [0.15, 0.2) is 170 Å². The summed E-state index contributed by atoms with van der Waals surface area (Å²) < 4.78 is 6.95. The van der Waals surface area contributed by atoms with Crippen LogP contribution >= 0.6 is 11.3 Å². The van der Waals surface area contributed by atoms with E-state index >= 15 is 0 Å². The van der Waals surface area contributed by atoms with Crippen LogP contribution < -0.4 is 0 Å². The Balaban J connectivity index is 1.34. The van der Waals surface area contributed by atoms with Gasteiger partial charge in [0.1, 0.15) is 6.07 Å². The number of rotatable bonds is 4. The summed E-state index contributed by atoms with van der Waals surface area (Å²) in [4.78, 5) is 14.2. The minimum atomic E-state index is 0.403. The van der Waals surface area contributed by atoms with Gasteiger partial charge in [0.2, 0.25) is 5.69 Å². The molecular weight excluding hydrogens is 765 g/mol. The molecule has 13 rings (SSSR count). The molecular formula is C54H28N6S.